The zero-order valence-electron chi connectivity index (χ0n) is 12.4. The second kappa shape index (κ2) is 6.21. The van der Waals surface area contributed by atoms with Crippen LogP contribution in [0.1, 0.15) is 11.3 Å². The highest BCUT2D eigenvalue weighted by atomic mass is 35.5. The highest BCUT2D eigenvalue weighted by molar-refractivity contribution is 6.29. The molecule has 0 aliphatic heterocycles. The molecule has 0 saturated heterocycles. The van der Waals surface area contributed by atoms with E-state index in [9.17, 15) is 9.90 Å². The normalized spacial score (nSPS) is 10.9. The van der Waals surface area contributed by atoms with E-state index in [2.05, 4.69) is 15.4 Å². The largest absolute Gasteiger partial charge is 0.818 e. The third-order valence-electron chi connectivity index (χ3n) is 3.47. The maximum Gasteiger partial charge on any atom is 0.265 e. The van der Waals surface area contributed by atoms with Crippen molar-refractivity contribution in [1.29, 1.82) is 0 Å². The minimum absolute atomic E-state index is 0.0647. The molecule has 0 atom stereocenters. The summed E-state index contributed by atoms with van der Waals surface area (Å²) in [4.78, 5) is 15.6. The van der Waals surface area contributed by atoms with Crippen molar-refractivity contribution in [3.8, 4) is 6.01 Å². The molecular formula is C15H14ClN5O2. The molecule has 7 nitrogen and oxygen atoms in total. The summed E-state index contributed by atoms with van der Waals surface area (Å²) in [5.41, 5.74) is 2.33. The van der Waals surface area contributed by atoms with Gasteiger partial charge in [-0.15, -0.1) is 0 Å². The monoisotopic (exact) mass is 331 g/mol. The van der Waals surface area contributed by atoms with E-state index in [1.165, 1.54) is 11.6 Å². The van der Waals surface area contributed by atoms with E-state index in [4.69, 9.17) is 11.6 Å². The molecule has 0 saturated carbocycles. The third-order valence-corrected chi connectivity index (χ3v) is 3.69. The molecule has 8 heteroatoms. The third kappa shape index (κ3) is 3.09. The lowest BCUT2D eigenvalue weighted by molar-refractivity contribution is -0.703. The predicted octanol–water partition coefficient (Wildman–Crippen LogP) is 0.0806. The van der Waals surface area contributed by atoms with E-state index >= 15 is 0 Å². The fourth-order valence-electron chi connectivity index (χ4n) is 2.32. The number of fused-ring (bicyclic) bond motifs is 1. The van der Waals surface area contributed by atoms with Crippen LogP contribution in [0.3, 0.4) is 0 Å². The number of carbonyl (C=O) groups is 1. The minimum Gasteiger partial charge on any atom is -0.818 e. The molecule has 3 heterocycles. The fourth-order valence-corrected chi connectivity index (χ4v) is 2.43. The van der Waals surface area contributed by atoms with E-state index in [1.54, 1.807) is 22.8 Å². The topological polar surface area (TPSA) is 86.2 Å². The Bertz CT molecular complexity index is 860. The first-order valence-electron chi connectivity index (χ1n) is 6.97. The van der Waals surface area contributed by atoms with Crippen LogP contribution >= 0.6 is 11.6 Å². The van der Waals surface area contributed by atoms with Gasteiger partial charge in [0.15, 0.2) is 0 Å². The van der Waals surface area contributed by atoms with E-state index in [0.717, 1.165) is 11.3 Å². The molecule has 0 bridgehead atoms. The number of hydrogen-bond donors (Lipinski definition) is 1. The first-order valence-corrected chi connectivity index (χ1v) is 7.35. The van der Waals surface area contributed by atoms with Crippen LogP contribution in [0.5, 0.6) is 6.01 Å². The molecule has 118 valence electrons. The van der Waals surface area contributed by atoms with Crippen LogP contribution in [0.25, 0.3) is 5.65 Å². The van der Waals surface area contributed by atoms with Crippen molar-refractivity contribution in [1.82, 2.24) is 19.9 Å². The SMILES string of the molecule is CNC(=O)C[n+]1c([O-])nn2c(Cc3ccc(Cl)nc3)cccc21. The van der Waals surface area contributed by atoms with Gasteiger partial charge in [0.1, 0.15) is 17.4 Å². The summed E-state index contributed by atoms with van der Waals surface area (Å²) < 4.78 is 2.89. The predicted molar refractivity (Wildman–Crippen MR) is 81.0 cm³/mol. The Hall–Kier alpha value is -2.67. The summed E-state index contributed by atoms with van der Waals surface area (Å²) >= 11 is 5.78. The van der Waals surface area contributed by atoms with Gasteiger partial charge in [0.25, 0.3) is 11.6 Å². The van der Waals surface area contributed by atoms with Gasteiger partial charge in [-0.25, -0.2) is 9.55 Å². The van der Waals surface area contributed by atoms with E-state index in [-0.39, 0.29) is 12.5 Å². The molecule has 1 N–H and O–H groups in total. The van der Waals surface area contributed by atoms with Gasteiger partial charge in [-0.2, -0.15) is 0 Å². The number of carbonyl (C=O) groups excluding carboxylic acids is 1. The molecule has 0 radical (unpaired) electrons. The molecule has 23 heavy (non-hydrogen) atoms. The highest BCUT2D eigenvalue weighted by Gasteiger charge is 2.18. The van der Waals surface area contributed by atoms with Crippen LogP contribution in [-0.4, -0.2) is 27.6 Å². The number of amides is 1. The zero-order valence-corrected chi connectivity index (χ0v) is 13.1. The van der Waals surface area contributed by atoms with E-state index in [1.807, 2.05) is 18.2 Å². The lowest BCUT2D eigenvalue weighted by Crippen LogP contribution is -2.43. The van der Waals surface area contributed by atoms with Crippen molar-refractivity contribution in [2.45, 2.75) is 13.0 Å². The van der Waals surface area contributed by atoms with Crippen LogP contribution in [0.4, 0.5) is 0 Å². The number of aromatic nitrogens is 4. The molecule has 0 unspecified atom stereocenters. The highest BCUT2D eigenvalue weighted by Crippen LogP contribution is 2.13. The molecule has 3 rings (SSSR count). The van der Waals surface area contributed by atoms with Crippen molar-refractivity contribution in [2.24, 2.45) is 0 Å². The average molecular weight is 332 g/mol. The van der Waals surface area contributed by atoms with Crippen LogP contribution in [0, 0.1) is 0 Å². The Morgan fingerprint density at radius 1 is 1.39 bits per heavy atom. The number of nitrogens with one attached hydrogen (secondary N) is 1. The molecule has 0 fully saturated rings. The maximum atomic E-state index is 12.1. The minimum atomic E-state index is -0.463. The fraction of sp³-hybridized carbons (Fsp3) is 0.200. The Morgan fingerprint density at radius 2 is 2.22 bits per heavy atom. The lowest BCUT2D eigenvalue weighted by atomic mass is 10.1. The summed E-state index contributed by atoms with van der Waals surface area (Å²) in [6, 6.07) is 8.57. The molecular weight excluding hydrogens is 318 g/mol. The molecule has 1 amide bonds. The van der Waals surface area contributed by atoms with Gasteiger partial charge in [0.05, 0.1) is 0 Å². The number of pyridine rings is 2. The molecule has 3 aromatic rings. The summed E-state index contributed by atoms with van der Waals surface area (Å²) in [6.07, 6.45) is 2.23. The van der Waals surface area contributed by atoms with Gasteiger partial charge in [-0.05, 0) is 17.7 Å². The first-order chi connectivity index (χ1) is 11.1. The Labute approximate surface area is 137 Å². The van der Waals surface area contributed by atoms with Gasteiger partial charge in [-0.1, -0.05) is 28.2 Å². The van der Waals surface area contributed by atoms with Gasteiger partial charge in [0, 0.05) is 30.8 Å². The summed E-state index contributed by atoms with van der Waals surface area (Å²) in [5.74, 6) is -0.255. The summed E-state index contributed by atoms with van der Waals surface area (Å²) in [5, 5.41) is 19.0. The lowest BCUT2D eigenvalue weighted by Gasteiger charge is -2.02. The van der Waals surface area contributed by atoms with Gasteiger partial charge in [-0.3, -0.25) is 4.79 Å². The molecule has 0 aliphatic rings. The average Bonchev–Trinajstić information content (AvgIpc) is 2.87. The Morgan fingerprint density at radius 3 is 2.91 bits per heavy atom. The van der Waals surface area contributed by atoms with Gasteiger partial charge in [0.2, 0.25) is 6.01 Å². The first kappa shape index (κ1) is 15.2. The summed E-state index contributed by atoms with van der Waals surface area (Å²) in [7, 11) is 1.53. The standard InChI is InChI=1S/C15H14ClN5O2/c1-17-13(22)9-20-14-4-2-3-11(21(14)19-15(20)23)7-10-5-6-12(16)18-8-10/h2-6,8H,7,9H2,1H3,(H-,17,19,22,23). The number of rotatable bonds is 4. The number of nitrogens with zero attached hydrogens (tertiary/aromatic N) is 4. The van der Waals surface area contributed by atoms with Gasteiger partial charge < -0.3 is 10.4 Å². The number of likely N-dealkylation sites (N-methyl/N-ethyl adjacent to an activating group) is 1. The van der Waals surface area contributed by atoms with Crippen molar-refractivity contribution < 1.29 is 14.5 Å². The van der Waals surface area contributed by atoms with Crippen molar-refractivity contribution in [2.75, 3.05) is 7.05 Å². The molecule has 3 aromatic heterocycles. The Balaban J connectivity index is 2.00. The number of hydrogen-bond acceptors (Lipinski definition) is 4. The van der Waals surface area contributed by atoms with Crippen LogP contribution in [0.15, 0.2) is 36.5 Å². The molecule has 0 spiro atoms. The zero-order chi connectivity index (χ0) is 16.4. The van der Waals surface area contributed by atoms with Crippen LogP contribution in [-0.2, 0) is 17.8 Å². The van der Waals surface area contributed by atoms with Gasteiger partial charge >= 0.3 is 0 Å². The van der Waals surface area contributed by atoms with Crippen molar-refractivity contribution in [3.05, 3.63) is 52.9 Å². The van der Waals surface area contributed by atoms with E-state index in [0.29, 0.717) is 17.2 Å². The van der Waals surface area contributed by atoms with Crippen LogP contribution < -0.4 is 15.0 Å². The molecule has 0 aliphatic carbocycles. The number of halogens is 1. The smallest absolute Gasteiger partial charge is 0.265 e. The van der Waals surface area contributed by atoms with Crippen LogP contribution in [0.2, 0.25) is 5.15 Å². The van der Waals surface area contributed by atoms with Crippen molar-refractivity contribution in [3.63, 3.8) is 0 Å². The quantitative estimate of drug-likeness (QED) is 0.542. The molecule has 0 aromatic carbocycles. The summed E-state index contributed by atoms with van der Waals surface area (Å²) in [6.45, 7) is -0.0647. The maximum absolute atomic E-state index is 12.1. The second-order valence-electron chi connectivity index (χ2n) is 4.99. The Kier molecular flexibility index (Phi) is 4.12. The van der Waals surface area contributed by atoms with E-state index < -0.39 is 6.01 Å². The second-order valence-corrected chi connectivity index (χ2v) is 5.38. The van der Waals surface area contributed by atoms with Crippen molar-refractivity contribution >= 4 is 23.2 Å².